The van der Waals surface area contributed by atoms with E-state index in [0.29, 0.717) is 11.4 Å². The summed E-state index contributed by atoms with van der Waals surface area (Å²) in [6.45, 7) is 10.8. The first-order valence-corrected chi connectivity index (χ1v) is 11.7. The molecule has 1 aliphatic rings. The van der Waals surface area contributed by atoms with Crippen LogP contribution in [0.15, 0.2) is 34.2 Å². The third-order valence-electron chi connectivity index (χ3n) is 4.72. The van der Waals surface area contributed by atoms with Crippen LogP contribution in [0.25, 0.3) is 0 Å². The van der Waals surface area contributed by atoms with Crippen LogP contribution in [0.4, 0.5) is 0 Å². The summed E-state index contributed by atoms with van der Waals surface area (Å²) in [7, 11) is -0.0333. The van der Waals surface area contributed by atoms with Gasteiger partial charge in [0.1, 0.15) is 0 Å². The molecule has 1 saturated heterocycles. The Bertz CT molecular complexity index is 758. The summed E-state index contributed by atoms with van der Waals surface area (Å²) >= 11 is 1.99. The maximum Gasteiger partial charge on any atom is 0.243 e. The van der Waals surface area contributed by atoms with Crippen molar-refractivity contribution in [2.45, 2.75) is 49.9 Å². The lowest BCUT2D eigenvalue weighted by atomic mass is 10.2. The van der Waals surface area contributed by atoms with Crippen LogP contribution < -0.4 is 5.32 Å². The number of hydrogen-bond acceptors (Lipinski definition) is 4. The second-order valence-electron chi connectivity index (χ2n) is 7.69. The predicted octanol–water partition coefficient (Wildman–Crippen LogP) is 2.62. The van der Waals surface area contributed by atoms with Gasteiger partial charge in [0.2, 0.25) is 10.0 Å². The standard InChI is InChI=1S/C19H32N4O2S2/c1-15(2)22(6)27(24,25)17-9-7-16(8-10-17)13-21-18(20-5)23-11-12-26-19(3,4)14-23/h7-10,15H,11-14H2,1-6H3,(H,20,21). The van der Waals surface area contributed by atoms with Crippen molar-refractivity contribution in [2.24, 2.45) is 4.99 Å². The Hall–Kier alpha value is -1.25. The van der Waals surface area contributed by atoms with E-state index in [0.717, 1.165) is 30.4 Å². The van der Waals surface area contributed by atoms with Gasteiger partial charge in [-0.3, -0.25) is 4.99 Å². The Balaban J connectivity index is 2.02. The van der Waals surface area contributed by atoms with Crippen molar-refractivity contribution in [2.75, 3.05) is 32.9 Å². The molecule has 6 nitrogen and oxygen atoms in total. The highest BCUT2D eigenvalue weighted by Crippen LogP contribution is 2.29. The second kappa shape index (κ2) is 8.84. The van der Waals surface area contributed by atoms with E-state index in [9.17, 15) is 8.42 Å². The molecule has 0 atom stereocenters. The number of guanidine groups is 1. The van der Waals surface area contributed by atoms with Crippen molar-refractivity contribution in [1.82, 2.24) is 14.5 Å². The van der Waals surface area contributed by atoms with E-state index < -0.39 is 10.0 Å². The van der Waals surface area contributed by atoms with Gasteiger partial charge in [0, 0.05) is 50.3 Å². The number of rotatable bonds is 5. The first kappa shape index (κ1) is 22.0. The lowest BCUT2D eigenvalue weighted by Crippen LogP contribution is -2.50. The summed E-state index contributed by atoms with van der Waals surface area (Å²) < 4.78 is 26.7. The summed E-state index contributed by atoms with van der Waals surface area (Å²) in [5, 5.41) is 3.40. The van der Waals surface area contributed by atoms with E-state index in [1.54, 1.807) is 26.2 Å². The summed E-state index contributed by atoms with van der Waals surface area (Å²) in [5.41, 5.74) is 1.02. The van der Waals surface area contributed by atoms with Crippen LogP contribution in [-0.2, 0) is 16.6 Å². The number of benzene rings is 1. The summed E-state index contributed by atoms with van der Waals surface area (Å²) in [4.78, 5) is 7.02. The molecule has 2 rings (SSSR count). The minimum atomic E-state index is -3.44. The monoisotopic (exact) mass is 412 g/mol. The fraction of sp³-hybridized carbons (Fsp3) is 0.632. The normalized spacial score (nSPS) is 18.2. The average Bonchev–Trinajstić information content (AvgIpc) is 2.61. The SMILES string of the molecule is CN=C(NCc1ccc(S(=O)(=O)N(C)C(C)C)cc1)N1CCSC(C)(C)C1. The van der Waals surface area contributed by atoms with Crippen LogP contribution in [0.3, 0.4) is 0 Å². The number of nitrogens with one attached hydrogen (secondary N) is 1. The lowest BCUT2D eigenvalue weighted by Gasteiger charge is -2.39. The minimum Gasteiger partial charge on any atom is -0.352 e. The Morgan fingerprint density at radius 1 is 1.33 bits per heavy atom. The molecular formula is C19H32N4O2S2. The van der Waals surface area contributed by atoms with E-state index in [4.69, 9.17) is 0 Å². The molecular weight excluding hydrogens is 380 g/mol. The van der Waals surface area contributed by atoms with Gasteiger partial charge in [-0.1, -0.05) is 12.1 Å². The van der Waals surface area contributed by atoms with E-state index >= 15 is 0 Å². The Morgan fingerprint density at radius 2 is 1.96 bits per heavy atom. The first-order valence-electron chi connectivity index (χ1n) is 9.23. The van der Waals surface area contributed by atoms with E-state index in [2.05, 4.69) is 29.1 Å². The maximum absolute atomic E-state index is 12.5. The molecule has 8 heteroatoms. The Labute approximate surface area is 168 Å². The number of aliphatic imine (C=N–C) groups is 1. The largest absolute Gasteiger partial charge is 0.352 e. The smallest absolute Gasteiger partial charge is 0.243 e. The van der Waals surface area contributed by atoms with Crippen molar-refractivity contribution >= 4 is 27.7 Å². The number of thioether (sulfide) groups is 1. The highest BCUT2D eigenvalue weighted by molar-refractivity contribution is 8.00. The van der Waals surface area contributed by atoms with E-state index in [-0.39, 0.29) is 10.8 Å². The van der Waals surface area contributed by atoms with Crippen molar-refractivity contribution in [3.05, 3.63) is 29.8 Å². The molecule has 1 heterocycles. The molecule has 1 N–H and O–H groups in total. The van der Waals surface area contributed by atoms with E-state index in [1.165, 1.54) is 4.31 Å². The van der Waals surface area contributed by atoms with Crippen LogP contribution in [0.5, 0.6) is 0 Å². The molecule has 0 aromatic heterocycles. The summed E-state index contributed by atoms with van der Waals surface area (Å²) in [6, 6.07) is 6.99. The van der Waals surface area contributed by atoms with Crippen LogP contribution in [0.1, 0.15) is 33.3 Å². The number of hydrogen-bond donors (Lipinski definition) is 1. The van der Waals surface area contributed by atoms with E-state index in [1.807, 2.05) is 37.7 Å². The van der Waals surface area contributed by atoms with Crippen LogP contribution >= 0.6 is 11.8 Å². The number of sulfonamides is 1. The topological polar surface area (TPSA) is 65.0 Å². The highest BCUT2D eigenvalue weighted by Gasteiger charge is 2.28. The van der Waals surface area contributed by atoms with Gasteiger partial charge in [-0.15, -0.1) is 0 Å². The van der Waals surface area contributed by atoms with Crippen molar-refractivity contribution in [3.8, 4) is 0 Å². The van der Waals surface area contributed by atoms with Gasteiger partial charge in [0.05, 0.1) is 4.90 Å². The average molecular weight is 413 g/mol. The van der Waals surface area contributed by atoms with Gasteiger partial charge in [-0.05, 0) is 45.4 Å². The summed E-state index contributed by atoms with van der Waals surface area (Å²) in [6.07, 6.45) is 0. The zero-order valence-electron chi connectivity index (χ0n) is 17.2. The fourth-order valence-corrected chi connectivity index (χ4v) is 5.41. The van der Waals surface area contributed by atoms with Gasteiger partial charge in [0.15, 0.2) is 5.96 Å². The minimum absolute atomic E-state index is 0.0772. The van der Waals surface area contributed by atoms with Gasteiger partial charge < -0.3 is 10.2 Å². The maximum atomic E-state index is 12.5. The fourth-order valence-electron chi connectivity index (χ4n) is 2.93. The molecule has 0 spiro atoms. The third-order valence-corrected chi connectivity index (χ3v) is 8.06. The third kappa shape index (κ3) is 5.62. The van der Waals surface area contributed by atoms with Crippen molar-refractivity contribution < 1.29 is 8.42 Å². The molecule has 1 aliphatic heterocycles. The van der Waals surface area contributed by atoms with Crippen molar-refractivity contribution in [1.29, 1.82) is 0 Å². The van der Waals surface area contributed by atoms with Gasteiger partial charge in [-0.2, -0.15) is 16.1 Å². The molecule has 0 saturated carbocycles. The molecule has 152 valence electrons. The second-order valence-corrected chi connectivity index (χ2v) is 11.5. The Morgan fingerprint density at radius 3 is 2.48 bits per heavy atom. The molecule has 0 aliphatic carbocycles. The molecule has 1 fully saturated rings. The highest BCUT2D eigenvalue weighted by atomic mass is 32.2. The molecule has 1 aromatic carbocycles. The van der Waals surface area contributed by atoms with Crippen molar-refractivity contribution in [3.63, 3.8) is 0 Å². The molecule has 0 unspecified atom stereocenters. The zero-order chi connectivity index (χ0) is 20.2. The van der Waals surface area contributed by atoms with Gasteiger partial charge in [0.25, 0.3) is 0 Å². The molecule has 1 aromatic rings. The van der Waals surface area contributed by atoms with Gasteiger partial charge in [-0.25, -0.2) is 8.42 Å². The van der Waals surface area contributed by atoms with Crippen LogP contribution in [0.2, 0.25) is 0 Å². The lowest BCUT2D eigenvalue weighted by molar-refractivity contribution is 0.375. The van der Waals surface area contributed by atoms with Crippen LogP contribution in [0, 0.1) is 0 Å². The predicted molar refractivity (Wildman–Crippen MR) is 115 cm³/mol. The van der Waals surface area contributed by atoms with Gasteiger partial charge >= 0.3 is 0 Å². The molecule has 0 radical (unpaired) electrons. The first-order chi connectivity index (χ1) is 12.6. The quantitative estimate of drug-likeness (QED) is 0.595. The molecule has 27 heavy (non-hydrogen) atoms. The molecule has 0 bridgehead atoms. The van der Waals surface area contributed by atoms with Crippen LogP contribution in [-0.4, -0.2) is 67.3 Å². The zero-order valence-corrected chi connectivity index (χ0v) is 18.8. The Kier molecular flexibility index (Phi) is 7.21. The summed E-state index contributed by atoms with van der Waals surface area (Å²) in [5.74, 6) is 1.98. The molecule has 0 amide bonds. The number of nitrogens with zero attached hydrogens (tertiary/aromatic N) is 3.